The van der Waals surface area contributed by atoms with Gasteiger partial charge in [-0.15, -0.1) is 10.2 Å². The fourth-order valence-corrected chi connectivity index (χ4v) is 3.08. The number of aromatic nitrogens is 4. The zero-order valence-corrected chi connectivity index (χ0v) is 9.50. The van der Waals surface area contributed by atoms with E-state index in [9.17, 15) is 5.11 Å². The molecule has 0 aliphatic carbocycles. The Labute approximate surface area is 94.2 Å². The van der Waals surface area contributed by atoms with Gasteiger partial charge in [0.2, 0.25) is 0 Å². The predicted molar refractivity (Wildman–Crippen MR) is 56.7 cm³/mol. The van der Waals surface area contributed by atoms with Crippen molar-refractivity contribution < 1.29 is 5.11 Å². The topological polar surface area (TPSA) is 67.1 Å². The number of hydrogen-bond acceptors (Lipinski definition) is 5. The molecular weight excluding hydrogens is 206 g/mol. The van der Waals surface area contributed by atoms with Gasteiger partial charge in [-0.25, -0.2) is 0 Å². The van der Waals surface area contributed by atoms with Crippen LogP contribution in [0.1, 0.15) is 25.1 Å². The first-order valence-corrected chi connectivity index (χ1v) is 5.87. The number of fused-ring (bicyclic) bond motifs is 1. The van der Waals surface area contributed by atoms with Crippen LogP contribution < -0.4 is 0 Å². The van der Waals surface area contributed by atoms with Crippen molar-refractivity contribution in [1.82, 2.24) is 25.1 Å². The summed E-state index contributed by atoms with van der Waals surface area (Å²) in [4.78, 5) is 3.83. The lowest BCUT2D eigenvalue weighted by Gasteiger charge is -2.28. The van der Waals surface area contributed by atoms with Crippen LogP contribution in [0.5, 0.6) is 0 Å². The minimum Gasteiger partial charge on any atom is -0.388 e. The molecule has 0 spiro atoms. The van der Waals surface area contributed by atoms with Crippen molar-refractivity contribution >= 4 is 0 Å². The van der Waals surface area contributed by atoms with Gasteiger partial charge in [0.15, 0.2) is 5.82 Å². The summed E-state index contributed by atoms with van der Waals surface area (Å²) >= 11 is 0. The summed E-state index contributed by atoms with van der Waals surface area (Å²) in [5.74, 6) is 0.652. The molecule has 2 unspecified atom stereocenters. The first kappa shape index (κ1) is 10.2. The van der Waals surface area contributed by atoms with Crippen molar-refractivity contribution in [3.63, 3.8) is 0 Å². The zero-order valence-electron chi connectivity index (χ0n) is 9.50. The number of aliphatic hydroxyl groups is 1. The number of nitrogens with zero attached hydrogens (tertiary/aromatic N) is 5. The molecule has 1 aromatic heterocycles. The highest BCUT2D eigenvalue weighted by atomic mass is 16.3. The van der Waals surface area contributed by atoms with E-state index in [1.165, 1.54) is 11.2 Å². The molecule has 2 fully saturated rings. The highest BCUT2D eigenvalue weighted by Gasteiger charge is 2.48. The van der Waals surface area contributed by atoms with Gasteiger partial charge in [-0.3, -0.25) is 4.90 Å². The normalized spacial score (nSPS) is 34.5. The van der Waals surface area contributed by atoms with Gasteiger partial charge in [-0.1, -0.05) is 0 Å². The Balaban J connectivity index is 1.78. The molecule has 3 heterocycles. The lowest BCUT2D eigenvalue weighted by Crippen LogP contribution is -2.43. The van der Waals surface area contributed by atoms with Crippen molar-refractivity contribution in [3.8, 4) is 0 Å². The average molecular weight is 223 g/mol. The fourth-order valence-electron chi connectivity index (χ4n) is 3.08. The van der Waals surface area contributed by atoms with Gasteiger partial charge >= 0.3 is 0 Å². The van der Waals surface area contributed by atoms with Crippen LogP contribution in [0.15, 0.2) is 0 Å². The zero-order chi connectivity index (χ0) is 11.2. The Kier molecular flexibility index (Phi) is 2.22. The fraction of sp³-hybridized carbons (Fsp3) is 0.900. The summed E-state index contributed by atoms with van der Waals surface area (Å²) in [6, 6.07) is 0.302. The van der Waals surface area contributed by atoms with E-state index in [1.54, 1.807) is 7.05 Å². The third-order valence-corrected chi connectivity index (χ3v) is 3.83. The highest BCUT2D eigenvalue weighted by molar-refractivity contribution is 5.06. The van der Waals surface area contributed by atoms with Crippen molar-refractivity contribution in [2.45, 2.75) is 37.3 Å². The molecule has 0 saturated carbocycles. The lowest BCUT2D eigenvalue weighted by molar-refractivity contribution is 0.0123. The molecule has 3 rings (SSSR count). The second-order valence-electron chi connectivity index (χ2n) is 4.92. The van der Waals surface area contributed by atoms with Crippen LogP contribution in [0.3, 0.4) is 0 Å². The maximum atomic E-state index is 10.7. The SMILES string of the molecule is Cn1nnc(CC2(O)CCN3CCCC32)n1. The number of tetrazole rings is 1. The van der Waals surface area contributed by atoms with E-state index >= 15 is 0 Å². The average Bonchev–Trinajstić information content (AvgIpc) is 2.88. The Morgan fingerprint density at radius 3 is 3.12 bits per heavy atom. The van der Waals surface area contributed by atoms with E-state index in [0.717, 1.165) is 25.9 Å². The molecule has 16 heavy (non-hydrogen) atoms. The lowest BCUT2D eigenvalue weighted by atomic mass is 9.89. The molecular formula is C10H17N5O. The van der Waals surface area contributed by atoms with Crippen LogP contribution in [0.2, 0.25) is 0 Å². The largest absolute Gasteiger partial charge is 0.388 e. The van der Waals surface area contributed by atoms with Crippen molar-refractivity contribution in [3.05, 3.63) is 5.82 Å². The standard InChI is InChI=1S/C10H17N5O/c1-14-12-9(11-13-14)7-10(16)4-6-15-5-2-3-8(10)15/h8,16H,2-7H2,1H3. The van der Waals surface area contributed by atoms with E-state index in [2.05, 4.69) is 20.3 Å². The summed E-state index contributed by atoms with van der Waals surface area (Å²) in [5, 5.41) is 22.6. The summed E-state index contributed by atoms with van der Waals surface area (Å²) in [6.07, 6.45) is 3.65. The molecule has 0 bridgehead atoms. The van der Waals surface area contributed by atoms with Gasteiger partial charge in [0.05, 0.1) is 12.6 Å². The molecule has 0 aromatic carbocycles. The van der Waals surface area contributed by atoms with Crippen LogP contribution in [0, 0.1) is 0 Å². The molecule has 88 valence electrons. The Bertz CT molecular complexity index is 392. The Morgan fingerprint density at radius 2 is 2.38 bits per heavy atom. The van der Waals surface area contributed by atoms with E-state index in [0.29, 0.717) is 18.3 Å². The maximum absolute atomic E-state index is 10.7. The summed E-state index contributed by atoms with van der Waals surface area (Å²) in [6.45, 7) is 2.13. The number of rotatable bonds is 2. The van der Waals surface area contributed by atoms with E-state index in [4.69, 9.17) is 0 Å². The van der Waals surface area contributed by atoms with E-state index in [-0.39, 0.29) is 0 Å². The smallest absolute Gasteiger partial charge is 0.177 e. The third kappa shape index (κ3) is 1.53. The van der Waals surface area contributed by atoms with Gasteiger partial charge in [0.25, 0.3) is 0 Å². The van der Waals surface area contributed by atoms with E-state index in [1.807, 2.05) is 0 Å². The quantitative estimate of drug-likeness (QED) is 0.722. The van der Waals surface area contributed by atoms with Gasteiger partial charge in [-0.2, -0.15) is 4.80 Å². The first-order valence-electron chi connectivity index (χ1n) is 5.87. The van der Waals surface area contributed by atoms with Crippen molar-refractivity contribution in [2.75, 3.05) is 13.1 Å². The first-order chi connectivity index (χ1) is 7.67. The monoisotopic (exact) mass is 223 g/mol. The molecule has 1 N–H and O–H groups in total. The predicted octanol–water partition coefficient (Wildman–Crippen LogP) is -0.648. The van der Waals surface area contributed by atoms with Crippen LogP contribution >= 0.6 is 0 Å². The maximum Gasteiger partial charge on any atom is 0.177 e. The van der Waals surface area contributed by atoms with Gasteiger partial charge in [0, 0.05) is 19.0 Å². The second-order valence-corrected chi connectivity index (χ2v) is 4.92. The number of hydrogen-bond donors (Lipinski definition) is 1. The summed E-state index contributed by atoms with van der Waals surface area (Å²) in [5.41, 5.74) is -0.639. The Hall–Kier alpha value is -1.01. The molecule has 0 radical (unpaired) electrons. The molecule has 2 aliphatic rings. The van der Waals surface area contributed by atoms with Crippen LogP contribution in [-0.2, 0) is 13.5 Å². The minimum atomic E-state index is -0.639. The molecule has 0 amide bonds. The van der Waals surface area contributed by atoms with Crippen molar-refractivity contribution in [1.29, 1.82) is 0 Å². The number of aryl methyl sites for hydroxylation is 1. The third-order valence-electron chi connectivity index (χ3n) is 3.83. The van der Waals surface area contributed by atoms with E-state index < -0.39 is 5.60 Å². The van der Waals surface area contributed by atoms with Crippen LogP contribution in [0.25, 0.3) is 0 Å². The molecule has 1 aromatic rings. The molecule has 6 heteroatoms. The Morgan fingerprint density at radius 1 is 1.50 bits per heavy atom. The molecule has 2 saturated heterocycles. The molecule has 2 aliphatic heterocycles. The summed E-state index contributed by atoms with van der Waals surface area (Å²) < 4.78 is 0. The molecule has 2 atom stereocenters. The van der Waals surface area contributed by atoms with Crippen LogP contribution in [-0.4, -0.2) is 54.9 Å². The second kappa shape index (κ2) is 3.49. The minimum absolute atomic E-state index is 0.302. The van der Waals surface area contributed by atoms with Crippen LogP contribution in [0.4, 0.5) is 0 Å². The van der Waals surface area contributed by atoms with Gasteiger partial charge < -0.3 is 5.11 Å². The van der Waals surface area contributed by atoms with Gasteiger partial charge in [0.1, 0.15) is 0 Å². The molecule has 6 nitrogen and oxygen atoms in total. The van der Waals surface area contributed by atoms with Gasteiger partial charge in [-0.05, 0) is 31.0 Å². The van der Waals surface area contributed by atoms with Crippen molar-refractivity contribution in [2.24, 2.45) is 7.05 Å². The highest BCUT2D eigenvalue weighted by Crippen LogP contribution is 2.37. The summed E-state index contributed by atoms with van der Waals surface area (Å²) in [7, 11) is 1.75.